The quantitative estimate of drug-likeness (QED) is 0.187. The molecule has 0 radical (unpaired) electrons. The Hall–Kier alpha value is -4.53. The molecule has 2 saturated heterocycles. The molecule has 3 fully saturated rings. The number of aromatic amines is 1. The number of anilines is 1. The molecule has 1 aliphatic carbocycles. The number of ether oxygens (including phenoxy) is 4. The zero-order chi connectivity index (χ0) is 42.7. The monoisotopic (exact) mass is 830 g/mol. The Bertz CT molecular complexity index is 2290. The lowest BCUT2D eigenvalue weighted by atomic mass is 9.47. The maximum absolute atomic E-state index is 15.4. The summed E-state index contributed by atoms with van der Waals surface area (Å²) >= 11 is 0. The first-order chi connectivity index (χ1) is 28.6. The number of likely N-dealkylation sites (N-methyl/N-ethyl adjacent to an activating group) is 1. The fraction of sp³-hybridized carbons (Fsp3) is 0.587. The summed E-state index contributed by atoms with van der Waals surface area (Å²) in [6, 6.07) is 10.5. The number of esters is 3. The zero-order valence-corrected chi connectivity index (χ0v) is 35.5. The van der Waals surface area contributed by atoms with Crippen LogP contribution >= 0.6 is 0 Å². The summed E-state index contributed by atoms with van der Waals surface area (Å²) in [5.41, 5.74) is -1.52. The number of H-pyrrole nitrogens is 1. The number of carbonyl (C=O) groups excluding carboxylic acids is 3. The first-order valence-electron chi connectivity index (χ1n) is 21.2. The Morgan fingerprint density at radius 2 is 1.77 bits per heavy atom. The lowest BCUT2D eigenvalue weighted by Gasteiger charge is -2.63. The molecule has 60 heavy (non-hydrogen) atoms. The molecule has 12 nitrogen and oxygen atoms in total. The molecule has 4 unspecified atom stereocenters. The van der Waals surface area contributed by atoms with E-state index < -0.39 is 63.7 Å². The number of piperidine rings is 1. The van der Waals surface area contributed by atoms with Crippen LogP contribution < -0.4 is 9.64 Å². The second-order valence-electron chi connectivity index (χ2n) is 18.3. The molecular formula is C46H56F2N4O8. The number of aliphatic hydroxyl groups is 1. The predicted octanol–water partition coefficient (Wildman–Crippen LogP) is 5.12. The number of carbonyl (C=O) groups is 3. The topological polar surface area (TPSA) is 134 Å². The van der Waals surface area contributed by atoms with Crippen molar-refractivity contribution in [1.29, 1.82) is 0 Å². The van der Waals surface area contributed by atoms with Gasteiger partial charge in [0, 0.05) is 96.9 Å². The summed E-state index contributed by atoms with van der Waals surface area (Å²) in [5, 5.41) is 14.2. The van der Waals surface area contributed by atoms with Crippen molar-refractivity contribution in [3.05, 3.63) is 70.9 Å². The maximum atomic E-state index is 15.4. The van der Waals surface area contributed by atoms with E-state index in [9.17, 15) is 14.7 Å². The van der Waals surface area contributed by atoms with Crippen LogP contribution in [0.3, 0.4) is 0 Å². The highest BCUT2D eigenvalue weighted by Gasteiger charge is 2.80. The summed E-state index contributed by atoms with van der Waals surface area (Å²) < 4.78 is 54.5. The van der Waals surface area contributed by atoms with Gasteiger partial charge in [-0.25, -0.2) is 13.6 Å². The fourth-order valence-corrected chi connectivity index (χ4v) is 13.4. The Balaban J connectivity index is 1.36. The normalized spacial score (nSPS) is 35.6. The number of halogens is 2. The van der Waals surface area contributed by atoms with E-state index in [4.69, 9.17) is 18.9 Å². The minimum atomic E-state index is -2.93. The van der Waals surface area contributed by atoms with Gasteiger partial charge in [0.25, 0.3) is 0 Å². The van der Waals surface area contributed by atoms with E-state index in [1.165, 1.54) is 21.1 Å². The van der Waals surface area contributed by atoms with Crippen LogP contribution in [0.25, 0.3) is 10.9 Å². The van der Waals surface area contributed by atoms with E-state index in [0.29, 0.717) is 68.1 Å². The molecule has 1 aromatic heterocycles. The molecule has 2 N–H and O–H groups in total. The second-order valence-corrected chi connectivity index (χ2v) is 18.3. The average molecular weight is 831 g/mol. The Morgan fingerprint density at radius 1 is 1.02 bits per heavy atom. The van der Waals surface area contributed by atoms with Gasteiger partial charge in [-0.15, -0.1) is 0 Å². The Morgan fingerprint density at radius 3 is 2.45 bits per heavy atom. The lowest BCUT2D eigenvalue weighted by molar-refractivity contribution is -0.228. The minimum absolute atomic E-state index is 0.155. The van der Waals surface area contributed by atoms with Crippen LogP contribution in [0.5, 0.6) is 5.75 Å². The van der Waals surface area contributed by atoms with Gasteiger partial charge in [0.05, 0.1) is 27.4 Å². The average Bonchev–Trinajstić information content (AvgIpc) is 3.89. The number of nitrogens with one attached hydrogen (secondary N) is 1. The van der Waals surface area contributed by atoms with Crippen molar-refractivity contribution in [3.8, 4) is 5.75 Å². The van der Waals surface area contributed by atoms with Gasteiger partial charge < -0.3 is 38.8 Å². The van der Waals surface area contributed by atoms with Crippen molar-refractivity contribution in [3.63, 3.8) is 0 Å². The summed E-state index contributed by atoms with van der Waals surface area (Å²) in [6.07, 6.45) is 4.54. The van der Waals surface area contributed by atoms with Gasteiger partial charge in [0.2, 0.25) is 11.5 Å². The zero-order valence-electron chi connectivity index (χ0n) is 35.5. The van der Waals surface area contributed by atoms with E-state index >= 15 is 13.6 Å². The van der Waals surface area contributed by atoms with Gasteiger partial charge in [0.15, 0.2) is 6.10 Å². The minimum Gasteiger partial charge on any atom is -0.496 e. The van der Waals surface area contributed by atoms with Crippen molar-refractivity contribution in [2.45, 2.75) is 93.4 Å². The molecule has 1 saturated carbocycles. The molecule has 1 spiro atoms. The van der Waals surface area contributed by atoms with E-state index in [-0.39, 0.29) is 31.3 Å². The summed E-state index contributed by atoms with van der Waals surface area (Å²) in [5.74, 6) is -5.90. The third-order valence-corrected chi connectivity index (χ3v) is 15.6. The number of aromatic nitrogens is 1. The molecule has 0 amide bonds. The van der Waals surface area contributed by atoms with Crippen LogP contribution in [0.1, 0.15) is 68.8 Å². The molecular weight excluding hydrogens is 775 g/mol. The van der Waals surface area contributed by atoms with Crippen LogP contribution in [0, 0.1) is 17.3 Å². The van der Waals surface area contributed by atoms with Crippen LogP contribution in [-0.2, 0) is 45.8 Å². The molecule has 9 rings (SSSR count). The largest absolute Gasteiger partial charge is 0.496 e. The molecule has 6 aliphatic rings. The second kappa shape index (κ2) is 14.0. The van der Waals surface area contributed by atoms with E-state index in [1.807, 2.05) is 67.4 Å². The first-order valence-corrected chi connectivity index (χ1v) is 21.2. The Kier molecular flexibility index (Phi) is 9.53. The van der Waals surface area contributed by atoms with Gasteiger partial charge >= 0.3 is 17.9 Å². The van der Waals surface area contributed by atoms with E-state index in [1.54, 1.807) is 7.11 Å². The van der Waals surface area contributed by atoms with E-state index in [0.717, 1.165) is 29.0 Å². The number of para-hydroxylation sites is 1. The summed E-state index contributed by atoms with van der Waals surface area (Å²) in [7, 11) is 5.96. The third-order valence-electron chi connectivity index (χ3n) is 15.6. The van der Waals surface area contributed by atoms with Crippen LogP contribution in [0.2, 0.25) is 0 Å². The first kappa shape index (κ1) is 40.9. The molecule has 14 heteroatoms. The van der Waals surface area contributed by atoms with Crippen LogP contribution in [0.4, 0.5) is 14.5 Å². The molecule has 322 valence electrons. The van der Waals surface area contributed by atoms with Crippen molar-refractivity contribution in [2.24, 2.45) is 17.3 Å². The Labute approximate surface area is 349 Å². The smallest absolute Gasteiger partial charge is 0.344 e. The van der Waals surface area contributed by atoms with Gasteiger partial charge in [-0.05, 0) is 74.8 Å². The van der Waals surface area contributed by atoms with Gasteiger partial charge in [-0.3, -0.25) is 14.5 Å². The van der Waals surface area contributed by atoms with Crippen LogP contribution in [0.15, 0.2) is 48.6 Å². The molecule has 2 aromatic carbocycles. The van der Waals surface area contributed by atoms with Crippen molar-refractivity contribution in [2.75, 3.05) is 66.0 Å². The highest BCUT2D eigenvalue weighted by Crippen LogP contribution is 2.68. The lowest BCUT2D eigenvalue weighted by Crippen LogP contribution is -2.81. The highest BCUT2D eigenvalue weighted by atomic mass is 19.3. The number of alkyl halides is 2. The van der Waals surface area contributed by atoms with Crippen LogP contribution in [-0.4, -0.2) is 129 Å². The fourth-order valence-electron chi connectivity index (χ4n) is 13.4. The number of nitrogens with zero attached hydrogens (tertiary/aromatic N) is 3. The summed E-state index contributed by atoms with van der Waals surface area (Å²) in [4.78, 5) is 52.7. The van der Waals surface area contributed by atoms with Gasteiger partial charge in [0.1, 0.15) is 11.2 Å². The summed E-state index contributed by atoms with van der Waals surface area (Å²) in [6.45, 7) is 6.80. The number of benzene rings is 2. The predicted molar refractivity (Wildman–Crippen MR) is 219 cm³/mol. The third kappa shape index (κ3) is 5.31. The molecule has 10 atom stereocenters. The molecule has 5 aliphatic heterocycles. The van der Waals surface area contributed by atoms with Crippen molar-refractivity contribution < 1.29 is 47.2 Å². The SMILES string of the molecule is CC[C@]12C=CCN3CC[C@@]4(c5cc([C@@]6(C(=O)OC)CC7CC(C(C)(F)F)CN(CCc8c6[nH]c6ccccc86)C7)c(OC)cc5N(C)[C@H]4C(O)(C(=O)OC)[C@@H]1OC(C)=O)[C@@H]32. The van der Waals surface area contributed by atoms with Gasteiger partial charge in [-0.1, -0.05) is 37.3 Å². The standard InChI is InChI=1S/C46H56F2N4O8/c1-8-43-15-11-17-52-19-16-44(37(43)52)31-21-32(35(57-5)22-34(31)50(4)38(44)46(56,41(55)59-7)39(43)60-26(2)53)45(40(54)58-6)23-27-20-28(42(3,47)48)25-51(24-27)18-14-30-29-12-9-10-13-33(29)49-36(30)45/h9-13,15,21-22,27-28,37-39,49,56H,8,14,16-20,23-25H2,1-7H3/t27?,28?,37-,38+,39+,43+,44+,45-,46?/m0/s1. The molecule has 3 aromatic rings. The molecule has 2 bridgehead atoms. The number of hydrogen-bond acceptors (Lipinski definition) is 11. The van der Waals surface area contributed by atoms with Gasteiger partial charge in [-0.2, -0.15) is 0 Å². The van der Waals surface area contributed by atoms with E-state index in [2.05, 4.69) is 14.8 Å². The highest BCUT2D eigenvalue weighted by molar-refractivity contribution is 5.95. The van der Waals surface area contributed by atoms with Crippen molar-refractivity contribution in [1.82, 2.24) is 14.8 Å². The maximum Gasteiger partial charge on any atom is 0.344 e. The number of rotatable bonds is 7. The number of fused-ring (bicyclic) bond motifs is 6. The number of methoxy groups -OCH3 is 3. The molecule has 6 heterocycles. The van der Waals surface area contributed by atoms with Crippen molar-refractivity contribution >= 4 is 34.5 Å². The number of hydrogen-bond donors (Lipinski definition) is 2.